The Kier molecular flexibility index (Phi) is 4.95. The summed E-state index contributed by atoms with van der Waals surface area (Å²) in [5.41, 5.74) is 0.936. The Labute approximate surface area is 125 Å². The van der Waals surface area contributed by atoms with Crippen LogP contribution in [0, 0.1) is 11.6 Å². The quantitative estimate of drug-likeness (QED) is 0.628. The molecule has 2 rings (SSSR count). The first kappa shape index (κ1) is 15.5. The molecule has 0 amide bonds. The Morgan fingerprint density at radius 3 is 2.90 bits per heavy atom. The van der Waals surface area contributed by atoms with E-state index in [-0.39, 0.29) is 17.3 Å². The van der Waals surface area contributed by atoms with E-state index in [0.717, 1.165) is 30.0 Å². The van der Waals surface area contributed by atoms with Crippen molar-refractivity contribution in [2.75, 3.05) is 6.61 Å². The molecule has 1 aromatic carbocycles. The van der Waals surface area contributed by atoms with Crippen LogP contribution in [-0.2, 0) is 17.5 Å². The largest absolute Gasteiger partial charge is 0.462 e. The molecule has 0 saturated carbocycles. The Morgan fingerprint density at radius 1 is 1.43 bits per heavy atom. The number of rotatable bonds is 5. The van der Waals surface area contributed by atoms with E-state index >= 15 is 0 Å². The van der Waals surface area contributed by atoms with Crippen LogP contribution in [0.3, 0.4) is 0 Å². The van der Waals surface area contributed by atoms with Crippen LogP contribution in [0.25, 0.3) is 0 Å². The topological polar surface area (TPSA) is 44.1 Å². The van der Waals surface area contributed by atoms with Crippen LogP contribution in [0.2, 0.25) is 0 Å². The number of ether oxygens (including phenoxy) is 1. The second-order valence-corrected chi connectivity index (χ2v) is 5.23. The zero-order valence-corrected chi connectivity index (χ0v) is 12.4. The molecule has 112 valence electrons. The third-order valence-electron chi connectivity index (χ3n) is 2.81. The van der Waals surface area contributed by atoms with Crippen LogP contribution in [0.1, 0.15) is 23.0 Å². The summed E-state index contributed by atoms with van der Waals surface area (Å²) in [7, 11) is 1.68. The molecule has 1 aromatic heterocycles. The van der Waals surface area contributed by atoms with Gasteiger partial charge in [-0.1, -0.05) is 0 Å². The van der Waals surface area contributed by atoms with Gasteiger partial charge in [0.2, 0.25) is 0 Å². The maximum absolute atomic E-state index is 13.6. The summed E-state index contributed by atoms with van der Waals surface area (Å²) in [6, 6.07) is 3.26. The fourth-order valence-electron chi connectivity index (χ4n) is 1.75. The highest BCUT2D eigenvalue weighted by atomic mass is 32.2. The molecule has 0 aliphatic carbocycles. The summed E-state index contributed by atoms with van der Waals surface area (Å²) in [6.07, 6.45) is 1.41. The third-order valence-corrected chi connectivity index (χ3v) is 3.86. The summed E-state index contributed by atoms with van der Waals surface area (Å²) in [4.78, 5) is 12.0. The number of thioether (sulfide) groups is 1. The van der Waals surface area contributed by atoms with Crippen molar-refractivity contribution in [3.05, 3.63) is 47.3 Å². The standard InChI is InChI=1S/C14H14F2N2O2S/c1-3-20-14(19)10-7-17-18(2)12(10)8-21-13-6-9(15)4-5-11(13)16/h4-7H,3,8H2,1-2H3. The molecule has 0 spiro atoms. The molecule has 0 aliphatic heterocycles. The lowest BCUT2D eigenvalue weighted by atomic mass is 10.3. The van der Waals surface area contributed by atoms with Gasteiger partial charge in [0, 0.05) is 17.7 Å². The van der Waals surface area contributed by atoms with Gasteiger partial charge in [-0.3, -0.25) is 4.68 Å². The summed E-state index contributed by atoms with van der Waals surface area (Å²) in [5.74, 6) is -1.19. The van der Waals surface area contributed by atoms with Crippen molar-refractivity contribution in [3.8, 4) is 0 Å². The minimum absolute atomic E-state index is 0.186. The molecular weight excluding hydrogens is 298 g/mol. The van der Waals surface area contributed by atoms with E-state index in [9.17, 15) is 13.6 Å². The van der Waals surface area contributed by atoms with Crippen LogP contribution >= 0.6 is 11.8 Å². The van der Waals surface area contributed by atoms with Crippen molar-refractivity contribution in [2.24, 2.45) is 7.05 Å². The maximum Gasteiger partial charge on any atom is 0.341 e. The number of carbonyl (C=O) groups excluding carboxylic acids is 1. The Morgan fingerprint density at radius 2 is 2.19 bits per heavy atom. The number of nitrogens with zero attached hydrogens (tertiary/aromatic N) is 2. The van der Waals surface area contributed by atoms with Gasteiger partial charge in [0.25, 0.3) is 0 Å². The number of aryl methyl sites for hydroxylation is 1. The van der Waals surface area contributed by atoms with Crippen LogP contribution in [0.15, 0.2) is 29.3 Å². The Bertz CT molecular complexity index is 658. The Hall–Kier alpha value is -1.89. The van der Waals surface area contributed by atoms with E-state index in [1.54, 1.807) is 14.0 Å². The molecular formula is C14H14F2N2O2S. The van der Waals surface area contributed by atoms with Crippen molar-refractivity contribution >= 4 is 17.7 Å². The maximum atomic E-state index is 13.6. The second kappa shape index (κ2) is 6.71. The van der Waals surface area contributed by atoms with Gasteiger partial charge in [-0.2, -0.15) is 5.10 Å². The van der Waals surface area contributed by atoms with Gasteiger partial charge < -0.3 is 4.74 Å². The summed E-state index contributed by atoms with van der Waals surface area (Å²) in [5, 5.41) is 4.01. The van der Waals surface area contributed by atoms with Crippen LogP contribution in [-0.4, -0.2) is 22.4 Å². The van der Waals surface area contributed by atoms with E-state index < -0.39 is 17.6 Å². The average molecular weight is 312 g/mol. The van der Waals surface area contributed by atoms with Crippen LogP contribution in [0.4, 0.5) is 8.78 Å². The van der Waals surface area contributed by atoms with Gasteiger partial charge in [0.05, 0.1) is 18.5 Å². The molecule has 21 heavy (non-hydrogen) atoms. The predicted molar refractivity (Wildman–Crippen MR) is 75.1 cm³/mol. The molecule has 0 bridgehead atoms. The van der Waals surface area contributed by atoms with Crippen molar-refractivity contribution in [1.29, 1.82) is 0 Å². The number of hydrogen-bond acceptors (Lipinski definition) is 4. The highest BCUT2D eigenvalue weighted by Gasteiger charge is 2.18. The van der Waals surface area contributed by atoms with E-state index in [2.05, 4.69) is 5.10 Å². The fraction of sp³-hybridized carbons (Fsp3) is 0.286. The number of aromatic nitrogens is 2. The van der Waals surface area contributed by atoms with Crippen LogP contribution < -0.4 is 0 Å². The fourth-order valence-corrected chi connectivity index (χ4v) is 2.78. The lowest BCUT2D eigenvalue weighted by molar-refractivity contribution is 0.0525. The van der Waals surface area contributed by atoms with Crippen LogP contribution in [0.5, 0.6) is 0 Å². The number of carbonyl (C=O) groups is 1. The van der Waals surface area contributed by atoms with Crippen molar-refractivity contribution in [3.63, 3.8) is 0 Å². The zero-order valence-electron chi connectivity index (χ0n) is 11.6. The zero-order chi connectivity index (χ0) is 15.4. The highest BCUT2D eigenvalue weighted by molar-refractivity contribution is 7.98. The molecule has 0 unspecified atom stereocenters. The molecule has 2 aromatic rings. The normalized spacial score (nSPS) is 10.7. The first-order valence-corrected chi connectivity index (χ1v) is 7.27. The average Bonchev–Trinajstić information content (AvgIpc) is 2.81. The van der Waals surface area contributed by atoms with Gasteiger partial charge >= 0.3 is 5.97 Å². The summed E-state index contributed by atoms with van der Waals surface area (Å²) in [6.45, 7) is 1.98. The smallest absolute Gasteiger partial charge is 0.341 e. The summed E-state index contributed by atoms with van der Waals surface area (Å²) < 4.78 is 33.2. The molecule has 4 nitrogen and oxygen atoms in total. The molecule has 0 atom stereocenters. The van der Waals surface area contributed by atoms with Crippen molar-refractivity contribution < 1.29 is 18.3 Å². The monoisotopic (exact) mass is 312 g/mol. The van der Waals surface area contributed by atoms with Crippen molar-refractivity contribution in [2.45, 2.75) is 17.6 Å². The van der Waals surface area contributed by atoms with Gasteiger partial charge in [0.15, 0.2) is 0 Å². The van der Waals surface area contributed by atoms with E-state index in [1.807, 2.05) is 0 Å². The molecule has 7 heteroatoms. The lowest BCUT2D eigenvalue weighted by Gasteiger charge is -2.07. The molecule has 0 saturated heterocycles. The second-order valence-electron chi connectivity index (χ2n) is 4.21. The Balaban J connectivity index is 2.18. The SMILES string of the molecule is CCOC(=O)c1cnn(C)c1CSc1cc(F)ccc1F. The number of esters is 1. The van der Waals surface area contributed by atoms with E-state index in [4.69, 9.17) is 4.74 Å². The van der Waals surface area contributed by atoms with Gasteiger partial charge in [-0.25, -0.2) is 13.6 Å². The van der Waals surface area contributed by atoms with Gasteiger partial charge in [-0.05, 0) is 25.1 Å². The lowest BCUT2D eigenvalue weighted by Crippen LogP contribution is -2.08. The van der Waals surface area contributed by atoms with E-state index in [0.29, 0.717) is 11.3 Å². The third kappa shape index (κ3) is 3.60. The molecule has 0 fully saturated rings. The minimum atomic E-state index is -0.505. The molecule has 0 radical (unpaired) electrons. The molecule has 0 N–H and O–H groups in total. The van der Waals surface area contributed by atoms with E-state index in [1.165, 1.54) is 10.9 Å². The first-order chi connectivity index (χ1) is 10.0. The molecule has 0 aliphatic rings. The molecule has 1 heterocycles. The predicted octanol–water partition coefficient (Wildman–Crippen LogP) is 3.17. The number of hydrogen-bond donors (Lipinski definition) is 0. The summed E-state index contributed by atoms with van der Waals surface area (Å²) >= 11 is 1.10. The van der Waals surface area contributed by atoms with Gasteiger partial charge in [0.1, 0.15) is 17.2 Å². The highest BCUT2D eigenvalue weighted by Crippen LogP contribution is 2.27. The number of halogens is 2. The van der Waals surface area contributed by atoms with Gasteiger partial charge in [-0.15, -0.1) is 11.8 Å². The number of benzene rings is 1. The minimum Gasteiger partial charge on any atom is -0.462 e. The first-order valence-electron chi connectivity index (χ1n) is 6.28. The van der Waals surface area contributed by atoms with Crippen molar-refractivity contribution in [1.82, 2.24) is 9.78 Å².